The number of halogens is 1. The van der Waals surface area contributed by atoms with Crippen molar-refractivity contribution in [3.8, 4) is 0 Å². The number of rotatable bonds is 7. The van der Waals surface area contributed by atoms with Crippen LogP contribution < -0.4 is 5.32 Å². The van der Waals surface area contributed by atoms with E-state index in [0.29, 0.717) is 24.3 Å². The Morgan fingerprint density at radius 2 is 2.26 bits per heavy atom. The lowest BCUT2D eigenvalue weighted by Gasteiger charge is -2.25. The van der Waals surface area contributed by atoms with E-state index in [-0.39, 0.29) is 11.7 Å². The molecule has 23 heavy (non-hydrogen) atoms. The Morgan fingerprint density at radius 1 is 1.48 bits per heavy atom. The van der Waals surface area contributed by atoms with Gasteiger partial charge in [0.1, 0.15) is 11.9 Å². The Kier molecular flexibility index (Phi) is 5.93. The zero-order chi connectivity index (χ0) is 16.8. The summed E-state index contributed by atoms with van der Waals surface area (Å²) in [5.41, 5.74) is 1.18. The molecule has 0 aliphatic rings. The van der Waals surface area contributed by atoms with E-state index >= 15 is 0 Å². The maximum atomic E-state index is 13.6. The zero-order valence-corrected chi connectivity index (χ0v) is 14.2. The third-order valence-electron chi connectivity index (χ3n) is 3.51. The summed E-state index contributed by atoms with van der Waals surface area (Å²) < 4.78 is 13.6. The summed E-state index contributed by atoms with van der Waals surface area (Å²) in [6.07, 6.45) is 1.71. The number of nitrogens with zero attached hydrogens (tertiary/aromatic N) is 1. The molecule has 0 spiro atoms. The lowest BCUT2D eigenvalue weighted by molar-refractivity contribution is -0.131. The molecule has 0 aliphatic heterocycles. The highest BCUT2D eigenvalue weighted by molar-refractivity contribution is 7.09. The summed E-state index contributed by atoms with van der Waals surface area (Å²) in [6, 6.07) is 8.41. The molecule has 1 N–H and O–H groups in total. The molecule has 0 radical (unpaired) electrons. The second kappa shape index (κ2) is 7.92. The van der Waals surface area contributed by atoms with Crippen molar-refractivity contribution in [2.75, 3.05) is 11.9 Å². The zero-order valence-electron chi connectivity index (χ0n) is 13.4. The van der Waals surface area contributed by atoms with Gasteiger partial charge in [-0.2, -0.15) is 0 Å². The fraction of sp³-hybridized carbons (Fsp3) is 0.278. The van der Waals surface area contributed by atoms with Gasteiger partial charge >= 0.3 is 0 Å². The van der Waals surface area contributed by atoms with Gasteiger partial charge in [-0.3, -0.25) is 4.79 Å². The molecule has 3 nitrogen and oxygen atoms in total. The van der Waals surface area contributed by atoms with E-state index in [2.05, 4.69) is 11.9 Å². The van der Waals surface area contributed by atoms with Crippen LogP contribution in [-0.4, -0.2) is 23.4 Å². The van der Waals surface area contributed by atoms with Crippen LogP contribution >= 0.6 is 11.3 Å². The Labute approximate surface area is 140 Å². The predicted octanol–water partition coefficient (Wildman–Crippen LogP) is 4.21. The number of hydrogen-bond acceptors (Lipinski definition) is 3. The van der Waals surface area contributed by atoms with Crippen molar-refractivity contribution in [1.82, 2.24) is 4.90 Å². The highest BCUT2D eigenvalue weighted by atomic mass is 32.1. The maximum Gasteiger partial charge on any atom is 0.245 e. The van der Waals surface area contributed by atoms with Crippen LogP contribution in [0.4, 0.5) is 10.1 Å². The summed E-state index contributed by atoms with van der Waals surface area (Å²) >= 11 is 1.62. The quantitative estimate of drug-likeness (QED) is 0.770. The number of benzene rings is 1. The number of carbonyl (C=O) groups is 1. The summed E-state index contributed by atoms with van der Waals surface area (Å²) in [4.78, 5) is 15.5. The molecule has 0 bridgehead atoms. The minimum absolute atomic E-state index is 0.0423. The van der Waals surface area contributed by atoms with Crippen LogP contribution in [-0.2, 0) is 11.3 Å². The highest BCUT2D eigenvalue weighted by Gasteiger charge is 2.20. The topological polar surface area (TPSA) is 32.3 Å². The molecule has 2 rings (SSSR count). The van der Waals surface area contributed by atoms with Crippen LogP contribution in [0, 0.1) is 12.7 Å². The van der Waals surface area contributed by atoms with E-state index in [9.17, 15) is 9.18 Å². The van der Waals surface area contributed by atoms with E-state index in [1.165, 1.54) is 6.07 Å². The lowest BCUT2D eigenvalue weighted by Crippen LogP contribution is -2.41. The standard InChI is InChI=1S/C18H21FN2OS/c1-4-9-21(12-16-6-5-10-23-16)18(22)14(3)20-15-8-7-13(2)17(19)11-15/h4-8,10-11,14,20H,1,9,12H2,2-3H3. The number of thiophene rings is 1. The van der Waals surface area contributed by atoms with Gasteiger partial charge in [-0.15, -0.1) is 17.9 Å². The molecule has 2 aromatic rings. The fourth-order valence-corrected chi connectivity index (χ4v) is 2.97. The number of anilines is 1. The van der Waals surface area contributed by atoms with Gasteiger partial charge in [0.05, 0.1) is 6.54 Å². The monoisotopic (exact) mass is 332 g/mol. The smallest absolute Gasteiger partial charge is 0.245 e. The van der Waals surface area contributed by atoms with Crippen LogP contribution in [0.2, 0.25) is 0 Å². The summed E-state index contributed by atoms with van der Waals surface area (Å²) in [6.45, 7) is 8.24. The third-order valence-corrected chi connectivity index (χ3v) is 4.37. The molecule has 5 heteroatoms. The molecule has 1 aromatic heterocycles. The van der Waals surface area contributed by atoms with Gasteiger partial charge in [0.15, 0.2) is 0 Å². The van der Waals surface area contributed by atoms with Gasteiger partial charge in [0.2, 0.25) is 5.91 Å². The first-order valence-electron chi connectivity index (χ1n) is 7.46. The molecule has 122 valence electrons. The molecule has 1 aromatic carbocycles. The van der Waals surface area contributed by atoms with E-state index in [1.54, 1.807) is 48.3 Å². The van der Waals surface area contributed by atoms with Gasteiger partial charge in [0, 0.05) is 17.1 Å². The minimum atomic E-state index is -0.447. The van der Waals surface area contributed by atoms with Gasteiger partial charge in [-0.05, 0) is 43.0 Å². The van der Waals surface area contributed by atoms with Crippen LogP contribution in [0.1, 0.15) is 17.4 Å². The molecule has 0 saturated heterocycles. The first kappa shape index (κ1) is 17.2. The lowest BCUT2D eigenvalue weighted by atomic mass is 10.2. The predicted molar refractivity (Wildman–Crippen MR) is 94.2 cm³/mol. The van der Waals surface area contributed by atoms with Crippen molar-refractivity contribution in [3.63, 3.8) is 0 Å². The number of aryl methyl sites for hydroxylation is 1. The molecule has 0 saturated carbocycles. The highest BCUT2D eigenvalue weighted by Crippen LogP contribution is 2.17. The summed E-state index contributed by atoms with van der Waals surface area (Å²) in [5.74, 6) is -0.324. The number of nitrogens with one attached hydrogen (secondary N) is 1. The van der Waals surface area contributed by atoms with Crippen LogP contribution in [0.5, 0.6) is 0 Å². The Morgan fingerprint density at radius 3 is 2.87 bits per heavy atom. The van der Waals surface area contributed by atoms with E-state index in [0.717, 1.165) is 4.88 Å². The van der Waals surface area contributed by atoms with Crippen molar-refractivity contribution in [3.05, 3.63) is 64.6 Å². The number of carbonyl (C=O) groups excluding carboxylic acids is 1. The number of hydrogen-bond donors (Lipinski definition) is 1. The first-order valence-corrected chi connectivity index (χ1v) is 8.34. The van der Waals surface area contributed by atoms with Crippen molar-refractivity contribution in [1.29, 1.82) is 0 Å². The Hall–Kier alpha value is -2.14. The molecule has 1 amide bonds. The molecule has 0 fully saturated rings. The summed E-state index contributed by atoms with van der Waals surface area (Å²) in [7, 11) is 0. The van der Waals surface area contributed by atoms with Gasteiger partial charge < -0.3 is 10.2 Å². The first-order chi connectivity index (χ1) is 11.0. The molecule has 1 atom stereocenters. The van der Waals surface area contributed by atoms with Gasteiger partial charge in [0.25, 0.3) is 0 Å². The van der Waals surface area contributed by atoms with Crippen molar-refractivity contribution in [2.24, 2.45) is 0 Å². The normalized spacial score (nSPS) is 11.8. The Bertz CT molecular complexity index is 670. The van der Waals surface area contributed by atoms with E-state index in [4.69, 9.17) is 0 Å². The van der Waals surface area contributed by atoms with Crippen LogP contribution in [0.3, 0.4) is 0 Å². The van der Waals surface area contributed by atoms with Gasteiger partial charge in [-0.1, -0.05) is 18.2 Å². The third kappa shape index (κ3) is 4.66. The molecular weight excluding hydrogens is 311 g/mol. The SMILES string of the molecule is C=CCN(Cc1cccs1)C(=O)C(C)Nc1ccc(C)c(F)c1. The van der Waals surface area contributed by atoms with Crippen molar-refractivity contribution < 1.29 is 9.18 Å². The largest absolute Gasteiger partial charge is 0.374 e. The van der Waals surface area contributed by atoms with Gasteiger partial charge in [-0.25, -0.2) is 4.39 Å². The average molecular weight is 332 g/mol. The molecule has 1 unspecified atom stereocenters. The molecular formula is C18H21FN2OS. The van der Waals surface area contributed by atoms with Crippen molar-refractivity contribution >= 4 is 22.9 Å². The second-order valence-electron chi connectivity index (χ2n) is 5.42. The van der Waals surface area contributed by atoms with E-state index < -0.39 is 6.04 Å². The average Bonchev–Trinajstić information content (AvgIpc) is 3.03. The van der Waals surface area contributed by atoms with Crippen molar-refractivity contribution in [2.45, 2.75) is 26.4 Å². The molecule has 1 heterocycles. The second-order valence-corrected chi connectivity index (χ2v) is 6.45. The van der Waals surface area contributed by atoms with Crippen LogP contribution in [0.25, 0.3) is 0 Å². The molecule has 0 aliphatic carbocycles. The Balaban J connectivity index is 2.05. The minimum Gasteiger partial charge on any atom is -0.374 e. The maximum absolute atomic E-state index is 13.6. The summed E-state index contributed by atoms with van der Waals surface area (Å²) in [5, 5.41) is 5.05. The van der Waals surface area contributed by atoms with E-state index in [1.807, 2.05) is 17.5 Å². The number of amides is 1. The van der Waals surface area contributed by atoms with Crippen LogP contribution in [0.15, 0.2) is 48.4 Å². The fourth-order valence-electron chi connectivity index (χ4n) is 2.25.